The number of nitrogens with zero attached hydrogens (tertiary/aromatic N) is 1. The van der Waals surface area contributed by atoms with Gasteiger partial charge < -0.3 is 20.5 Å². The van der Waals surface area contributed by atoms with Gasteiger partial charge in [-0.2, -0.15) is 5.26 Å². The lowest BCUT2D eigenvalue weighted by molar-refractivity contribution is -0.140. The van der Waals surface area contributed by atoms with E-state index in [9.17, 15) is 14.9 Å². The molecule has 128 valence electrons. The van der Waals surface area contributed by atoms with E-state index in [0.29, 0.717) is 15.7 Å². The van der Waals surface area contributed by atoms with E-state index < -0.39 is 17.3 Å². The van der Waals surface area contributed by atoms with Gasteiger partial charge in [-0.05, 0) is 32.0 Å². The largest absolute Gasteiger partial charge is 0.462 e. The molecule has 8 heteroatoms. The summed E-state index contributed by atoms with van der Waals surface area (Å²) < 4.78 is 11.1. The van der Waals surface area contributed by atoms with E-state index in [1.807, 2.05) is 6.07 Å². The Labute approximate surface area is 152 Å². The molecule has 0 fully saturated rings. The van der Waals surface area contributed by atoms with E-state index in [4.69, 9.17) is 15.2 Å². The summed E-state index contributed by atoms with van der Waals surface area (Å²) >= 11 is 3.36. The fourth-order valence-electron chi connectivity index (χ4n) is 3.23. The molecule has 2 aliphatic rings. The van der Waals surface area contributed by atoms with Gasteiger partial charge in [0.15, 0.2) is 5.41 Å². The highest BCUT2D eigenvalue weighted by atomic mass is 79.9. The number of rotatable bonds is 2. The zero-order valence-corrected chi connectivity index (χ0v) is 15.1. The van der Waals surface area contributed by atoms with Crippen molar-refractivity contribution in [1.29, 1.82) is 5.26 Å². The molecule has 2 aliphatic heterocycles. The van der Waals surface area contributed by atoms with E-state index in [-0.39, 0.29) is 29.4 Å². The molecular formula is C17H14BrN3O4. The van der Waals surface area contributed by atoms with Crippen LogP contribution >= 0.6 is 15.9 Å². The lowest BCUT2D eigenvalue weighted by atomic mass is 9.68. The first-order valence-corrected chi connectivity index (χ1v) is 8.25. The number of fused-ring (bicyclic) bond motifs is 2. The van der Waals surface area contributed by atoms with Crippen LogP contribution in [0.2, 0.25) is 0 Å². The Morgan fingerprint density at radius 2 is 2.24 bits per heavy atom. The summed E-state index contributed by atoms with van der Waals surface area (Å²) in [7, 11) is 0. The first-order chi connectivity index (χ1) is 11.9. The van der Waals surface area contributed by atoms with Gasteiger partial charge in [0.1, 0.15) is 17.4 Å². The molecule has 0 radical (unpaired) electrons. The second-order valence-corrected chi connectivity index (χ2v) is 6.41. The Morgan fingerprint density at radius 1 is 1.52 bits per heavy atom. The first kappa shape index (κ1) is 17.0. The zero-order valence-electron chi connectivity index (χ0n) is 13.5. The number of carbonyl (C=O) groups is 2. The lowest BCUT2D eigenvalue weighted by Crippen LogP contribution is -2.46. The van der Waals surface area contributed by atoms with E-state index in [1.165, 1.54) is 6.92 Å². The third-order valence-electron chi connectivity index (χ3n) is 4.18. The van der Waals surface area contributed by atoms with Crippen LogP contribution in [0.4, 0.5) is 5.69 Å². The van der Waals surface area contributed by atoms with Gasteiger partial charge in [0.2, 0.25) is 11.8 Å². The van der Waals surface area contributed by atoms with Crippen molar-refractivity contribution >= 4 is 33.5 Å². The number of carbonyl (C=O) groups excluding carboxylic acids is 2. The third kappa shape index (κ3) is 2.23. The van der Waals surface area contributed by atoms with Crippen molar-refractivity contribution in [2.75, 3.05) is 11.9 Å². The Hall–Kier alpha value is -2.79. The van der Waals surface area contributed by atoms with Gasteiger partial charge in [-0.1, -0.05) is 15.9 Å². The van der Waals surface area contributed by atoms with Crippen molar-refractivity contribution in [2.45, 2.75) is 19.3 Å². The topological polar surface area (TPSA) is 114 Å². The third-order valence-corrected chi connectivity index (χ3v) is 4.67. The summed E-state index contributed by atoms with van der Waals surface area (Å²) in [5, 5.41) is 12.4. The van der Waals surface area contributed by atoms with Crippen molar-refractivity contribution < 1.29 is 19.1 Å². The molecule has 1 amide bonds. The molecule has 1 spiro atoms. The number of benzene rings is 1. The number of ether oxygens (including phenoxy) is 2. The summed E-state index contributed by atoms with van der Waals surface area (Å²) in [5.74, 6) is -1.44. The fourth-order valence-corrected chi connectivity index (χ4v) is 3.59. The fraction of sp³-hybridized carbons (Fsp3) is 0.235. The van der Waals surface area contributed by atoms with Crippen LogP contribution in [0.5, 0.6) is 0 Å². The minimum Gasteiger partial charge on any atom is -0.462 e. The maximum absolute atomic E-state index is 13.0. The van der Waals surface area contributed by atoms with Crippen molar-refractivity contribution in [3.8, 4) is 6.07 Å². The van der Waals surface area contributed by atoms with E-state index >= 15 is 0 Å². The number of hydrogen-bond donors (Lipinski definition) is 2. The van der Waals surface area contributed by atoms with E-state index in [2.05, 4.69) is 21.2 Å². The number of anilines is 1. The molecule has 0 saturated heterocycles. The van der Waals surface area contributed by atoms with Gasteiger partial charge >= 0.3 is 5.97 Å². The maximum atomic E-state index is 13.0. The van der Waals surface area contributed by atoms with Crippen LogP contribution in [0.25, 0.3) is 0 Å². The number of halogens is 1. The molecule has 1 aromatic carbocycles. The Balaban J connectivity index is 2.41. The predicted octanol–water partition coefficient (Wildman–Crippen LogP) is 2.20. The molecule has 0 bridgehead atoms. The van der Waals surface area contributed by atoms with Crippen molar-refractivity contribution in [2.24, 2.45) is 5.73 Å². The van der Waals surface area contributed by atoms with Gasteiger partial charge in [0, 0.05) is 15.7 Å². The van der Waals surface area contributed by atoms with Crippen LogP contribution in [0, 0.1) is 11.3 Å². The Kier molecular flexibility index (Phi) is 4.05. The number of allylic oxidation sites excluding steroid dienone is 1. The highest BCUT2D eigenvalue weighted by molar-refractivity contribution is 9.10. The standard InChI is InChI=1S/C17H14BrN3O4/c1-3-24-15(22)13-14(20)25-8(2)11(7-19)17(13)10-6-9(18)4-5-12(10)21-16(17)23/h4-6H,3,20H2,1-2H3,(H,21,23). The molecule has 1 aromatic rings. The lowest BCUT2D eigenvalue weighted by Gasteiger charge is -2.33. The van der Waals surface area contributed by atoms with E-state index in [0.717, 1.165) is 0 Å². The van der Waals surface area contributed by atoms with Crippen LogP contribution < -0.4 is 11.1 Å². The average Bonchev–Trinajstić information content (AvgIpc) is 2.81. The molecule has 0 aromatic heterocycles. The number of nitrogens with two attached hydrogens (primary N) is 1. The van der Waals surface area contributed by atoms with Crippen molar-refractivity contribution in [1.82, 2.24) is 0 Å². The normalized spacial score (nSPS) is 21.6. The average molecular weight is 404 g/mol. The monoisotopic (exact) mass is 403 g/mol. The zero-order chi connectivity index (χ0) is 18.4. The highest BCUT2D eigenvalue weighted by Crippen LogP contribution is 2.52. The van der Waals surface area contributed by atoms with Crippen LogP contribution in [0.15, 0.2) is 45.5 Å². The smallest absolute Gasteiger partial charge is 0.341 e. The molecule has 0 saturated carbocycles. The van der Waals surface area contributed by atoms with Crippen molar-refractivity contribution in [3.05, 3.63) is 51.0 Å². The van der Waals surface area contributed by atoms with Gasteiger partial charge in [-0.25, -0.2) is 4.79 Å². The maximum Gasteiger partial charge on any atom is 0.341 e. The molecule has 3 N–H and O–H groups in total. The molecule has 25 heavy (non-hydrogen) atoms. The number of nitrogens with one attached hydrogen (secondary N) is 1. The molecule has 3 rings (SSSR count). The summed E-state index contributed by atoms with van der Waals surface area (Å²) in [6, 6.07) is 7.11. The quantitative estimate of drug-likeness (QED) is 0.731. The summed E-state index contributed by atoms with van der Waals surface area (Å²) in [6.45, 7) is 3.25. The molecule has 0 aliphatic carbocycles. The minimum absolute atomic E-state index is 0.000830. The molecule has 2 heterocycles. The predicted molar refractivity (Wildman–Crippen MR) is 91.7 cm³/mol. The van der Waals surface area contributed by atoms with Gasteiger partial charge in [-0.15, -0.1) is 0 Å². The summed E-state index contributed by atoms with van der Waals surface area (Å²) in [4.78, 5) is 25.6. The van der Waals surface area contributed by atoms with Gasteiger partial charge in [0.05, 0.1) is 12.2 Å². The second-order valence-electron chi connectivity index (χ2n) is 5.50. The van der Waals surface area contributed by atoms with Gasteiger partial charge in [0.25, 0.3) is 0 Å². The van der Waals surface area contributed by atoms with Crippen LogP contribution in [-0.2, 0) is 24.5 Å². The molecule has 1 unspecified atom stereocenters. The Bertz CT molecular complexity index is 913. The molecule has 7 nitrogen and oxygen atoms in total. The molecule has 1 atom stereocenters. The summed E-state index contributed by atoms with van der Waals surface area (Å²) in [6.07, 6.45) is 0. The first-order valence-electron chi connectivity index (χ1n) is 7.46. The number of esters is 1. The van der Waals surface area contributed by atoms with Crippen LogP contribution in [0.3, 0.4) is 0 Å². The number of hydrogen-bond acceptors (Lipinski definition) is 6. The highest BCUT2D eigenvalue weighted by Gasteiger charge is 2.59. The summed E-state index contributed by atoms with van der Waals surface area (Å²) in [5.41, 5.74) is 4.99. The van der Waals surface area contributed by atoms with E-state index in [1.54, 1.807) is 25.1 Å². The number of amides is 1. The van der Waals surface area contributed by atoms with Crippen molar-refractivity contribution in [3.63, 3.8) is 0 Å². The minimum atomic E-state index is -1.70. The van der Waals surface area contributed by atoms with Crippen LogP contribution in [0.1, 0.15) is 19.4 Å². The number of nitriles is 1. The Morgan fingerprint density at radius 3 is 2.88 bits per heavy atom. The van der Waals surface area contributed by atoms with Crippen LogP contribution in [-0.4, -0.2) is 18.5 Å². The van der Waals surface area contributed by atoms with Gasteiger partial charge in [-0.3, -0.25) is 4.79 Å². The SMILES string of the molecule is CCOC(=O)C1=C(N)OC(C)=C(C#N)C12C(=O)Nc1ccc(Br)cc12. The second kappa shape index (κ2) is 5.93. The molecular weight excluding hydrogens is 390 g/mol.